The van der Waals surface area contributed by atoms with Gasteiger partial charge in [-0.25, -0.2) is 0 Å². The standard InChI is InChI=1S/C9H12/c1-2-3-7-4-8-6-9(8)5-7/h4,6,8H,2-3,5H2,1H3. The zero-order chi connectivity index (χ0) is 6.27. The second-order valence-electron chi connectivity index (χ2n) is 3.02. The summed E-state index contributed by atoms with van der Waals surface area (Å²) < 4.78 is 0. The van der Waals surface area contributed by atoms with Gasteiger partial charge in [-0.05, 0) is 12.8 Å². The van der Waals surface area contributed by atoms with Crippen molar-refractivity contribution in [1.29, 1.82) is 0 Å². The summed E-state index contributed by atoms with van der Waals surface area (Å²) in [6.07, 6.45) is 8.73. The molecule has 2 rings (SSSR count). The molecule has 0 N–H and O–H groups in total. The number of allylic oxidation sites excluding steroid dienone is 4. The van der Waals surface area contributed by atoms with Crippen molar-refractivity contribution in [2.45, 2.75) is 26.2 Å². The largest absolute Gasteiger partial charge is 0.0740 e. The van der Waals surface area contributed by atoms with Crippen molar-refractivity contribution in [3.63, 3.8) is 0 Å². The monoisotopic (exact) mass is 120 g/mol. The smallest absolute Gasteiger partial charge is 0.0166 e. The van der Waals surface area contributed by atoms with Gasteiger partial charge in [-0.15, -0.1) is 0 Å². The Morgan fingerprint density at radius 2 is 2.44 bits per heavy atom. The molecule has 48 valence electrons. The second kappa shape index (κ2) is 1.73. The van der Waals surface area contributed by atoms with E-state index >= 15 is 0 Å². The number of fused-ring (bicyclic) bond motifs is 1. The Hall–Kier alpha value is -0.520. The van der Waals surface area contributed by atoms with Gasteiger partial charge in [0.05, 0.1) is 0 Å². The van der Waals surface area contributed by atoms with Crippen LogP contribution in [0.3, 0.4) is 0 Å². The average Bonchev–Trinajstić information content (AvgIpc) is 2.42. The van der Waals surface area contributed by atoms with Crippen molar-refractivity contribution < 1.29 is 0 Å². The van der Waals surface area contributed by atoms with Gasteiger partial charge in [0.15, 0.2) is 0 Å². The van der Waals surface area contributed by atoms with Gasteiger partial charge in [0.2, 0.25) is 0 Å². The fraction of sp³-hybridized carbons (Fsp3) is 0.556. The molecule has 1 unspecified atom stereocenters. The Labute approximate surface area is 56.3 Å². The fourth-order valence-corrected chi connectivity index (χ4v) is 1.58. The first-order valence-electron chi connectivity index (χ1n) is 3.80. The number of hydrogen-bond donors (Lipinski definition) is 0. The Balaban J connectivity index is 1.94. The third kappa shape index (κ3) is 0.827. The van der Waals surface area contributed by atoms with Crippen molar-refractivity contribution in [1.82, 2.24) is 0 Å². The quantitative estimate of drug-likeness (QED) is 0.491. The van der Waals surface area contributed by atoms with Gasteiger partial charge < -0.3 is 0 Å². The lowest BCUT2D eigenvalue weighted by Crippen LogP contribution is -1.75. The van der Waals surface area contributed by atoms with Gasteiger partial charge in [0.1, 0.15) is 0 Å². The molecule has 0 amide bonds. The highest BCUT2D eigenvalue weighted by atomic mass is 14.3. The Kier molecular flexibility index (Phi) is 1.01. The molecule has 2 aliphatic carbocycles. The Morgan fingerprint density at radius 1 is 1.56 bits per heavy atom. The van der Waals surface area contributed by atoms with Crippen molar-refractivity contribution in [3.05, 3.63) is 23.3 Å². The predicted molar refractivity (Wildman–Crippen MR) is 39.2 cm³/mol. The second-order valence-corrected chi connectivity index (χ2v) is 3.02. The highest BCUT2D eigenvalue weighted by Gasteiger charge is 2.28. The van der Waals surface area contributed by atoms with Crippen LogP contribution in [0.25, 0.3) is 0 Å². The maximum atomic E-state index is 2.43. The first-order valence-corrected chi connectivity index (χ1v) is 3.80. The Bertz CT molecular complexity index is 184. The van der Waals surface area contributed by atoms with Crippen LogP contribution < -0.4 is 0 Å². The van der Waals surface area contributed by atoms with Crippen LogP contribution in [0.1, 0.15) is 26.2 Å². The molecule has 0 heteroatoms. The molecular weight excluding hydrogens is 108 g/mol. The zero-order valence-electron chi connectivity index (χ0n) is 5.85. The van der Waals surface area contributed by atoms with Crippen molar-refractivity contribution in [2.24, 2.45) is 5.92 Å². The van der Waals surface area contributed by atoms with E-state index in [0.29, 0.717) is 0 Å². The van der Waals surface area contributed by atoms with Gasteiger partial charge in [-0.1, -0.05) is 36.6 Å². The van der Waals surface area contributed by atoms with Gasteiger partial charge >= 0.3 is 0 Å². The molecule has 0 heterocycles. The van der Waals surface area contributed by atoms with E-state index in [1.165, 1.54) is 19.3 Å². The molecule has 2 aliphatic rings. The van der Waals surface area contributed by atoms with Gasteiger partial charge in [-0.2, -0.15) is 0 Å². The molecule has 1 atom stereocenters. The summed E-state index contributed by atoms with van der Waals surface area (Å²) in [5.74, 6) is 0.826. The van der Waals surface area contributed by atoms with Crippen LogP contribution >= 0.6 is 0 Å². The molecule has 0 aromatic carbocycles. The van der Waals surface area contributed by atoms with Gasteiger partial charge in [-0.3, -0.25) is 0 Å². The third-order valence-corrected chi connectivity index (χ3v) is 2.13. The molecule has 0 bridgehead atoms. The molecule has 0 spiro atoms. The number of rotatable bonds is 2. The third-order valence-electron chi connectivity index (χ3n) is 2.13. The minimum absolute atomic E-state index is 0.826. The van der Waals surface area contributed by atoms with Crippen LogP contribution in [0.4, 0.5) is 0 Å². The van der Waals surface area contributed by atoms with Crippen LogP contribution in [-0.4, -0.2) is 0 Å². The van der Waals surface area contributed by atoms with E-state index in [1.54, 1.807) is 11.1 Å². The molecule has 0 aliphatic heterocycles. The summed E-state index contributed by atoms with van der Waals surface area (Å²) in [6.45, 7) is 2.25. The summed E-state index contributed by atoms with van der Waals surface area (Å²) in [5.41, 5.74) is 3.36. The first-order chi connectivity index (χ1) is 4.40. The van der Waals surface area contributed by atoms with Crippen LogP contribution in [0.2, 0.25) is 0 Å². The summed E-state index contributed by atoms with van der Waals surface area (Å²) in [6, 6.07) is 0. The zero-order valence-corrected chi connectivity index (χ0v) is 5.85. The minimum Gasteiger partial charge on any atom is -0.0740 e. The molecule has 0 aromatic heterocycles. The highest BCUT2D eigenvalue weighted by Crippen LogP contribution is 2.43. The van der Waals surface area contributed by atoms with Crippen LogP contribution in [0.15, 0.2) is 23.3 Å². The van der Waals surface area contributed by atoms with E-state index in [0.717, 1.165) is 5.92 Å². The van der Waals surface area contributed by atoms with Gasteiger partial charge in [0.25, 0.3) is 0 Å². The average molecular weight is 120 g/mol. The molecule has 9 heavy (non-hydrogen) atoms. The fourth-order valence-electron chi connectivity index (χ4n) is 1.58. The van der Waals surface area contributed by atoms with Crippen LogP contribution in [-0.2, 0) is 0 Å². The molecule has 0 nitrogen and oxygen atoms in total. The van der Waals surface area contributed by atoms with E-state index in [1.807, 2.05) is 0 Å². The summed E-state index contributed by atoms with van der Waals surface area (Å²) >= 11 is 0. The molecule has 0 fully saturated rings. The topological polar surface area (TPSA) is 0 Å². The van der Waals surface area contributed by atoms with E-state index < -0.39 is 0 Å². The van der Waals surface area contributed by atoms with E-state index in [4.69, 9.17) is 0 Å². The van der Waals surface area contributed by atoms with E-state index in [9.17, 15) is 0 Å². The van der Waals surface area contributed by atoms with Crippen molar-refractivity contribution >= 4 is 0 Å². The van der Waals surface area contributed by atoms with Crippen LogP contribution in [0.5, 0.6) is 0 Å². The lowest BCUT2D eigenvalue weighted by molar-refractivity contribution is 0.885. The minimum atomic E-state index is 0.826. The summed E-state index contributed by atoms with van der Waals surface area (Å²) in [5, 5.41) is 0. The molecule has 0 saturated carbocycles. The normalized spacial score (nSPS) is 29.2. The maximum absolute atomic E-state index is 2.43. The molecule has 0 radical (unpaired) electrons. The summed E-state index contributed by atoms with van der Waals surface area (Å²) in [4.78, 5) is 0. The van der Waals surface area contributed by atoms with E-state index in [-0.39, 0.29) is 0 Å². The molecular formula is C9H12. The van der Waals surface area contributed by atoms with Crippen molar-refractivity contribution in [3.8, 4) is 0 Å². The first kappa shape index (κ1) is 5.28. The maximum Gasteiger partial charge on any atom is 0.0166 e. The lowest BCUT2D eigenvalue weighted by atomic mass is 10.1. The number of hydrogen-bond acceptors (Lipinski definition) is 0. The SMILES string of the molecule is CCCC1=CC2C=C2C1. The lowest BCUT2D eigenvalue weighted by Gasteiger charge is -1.95. The highest BCUT2D eigenvalue weighted by molar-refractivity contribution is 5.45. The Morgan fingerprint density at radius 3 is 3.00 bits per heavy atom. The van der Waals surface area contributed by atoms with Gasteiger partial charge in [0, 0.05) is 5.92 Å². The van der Waals surface area contributed by atoms with Crippen LogP contribution in [0, 0.1) is 5.92 Å². The summed E-state index contributed by atoms with van der Waals surface area (Å²) in [7, 11) is 0. The van der Waals surface area contributed by atoms with E-state index in [2.05, 4.69) is 19.1 Å². The van der Waals surface area contributed by atoms with Crippen molar-refractivity contribution in [2.75, 3.05) is 0 Å². The molecule has 0 saturated heterocycles. The predicted octanol–water partition coefficient (Wildman–Crippen LogP) is 2.67. The molecule has 0 aromatic rings.